The first-order chi connectivity index (χ1) is 9.02. The summed E-state index contributed by atoms with van der Waals surface area (Å²) in [6.07, 6.45) is 1.56. The zero-order valence-electron chi connectivity index (χ0n) is 10.7. The standard InChI is InChI=1S/C14H15BrClN3/c1-8-5-9(15)3-4-11(8)13(18-2)12-6-10(16)7-19-14(12)17/h3-7,13,18H,1-2H3,(H2,17,19). The van der Waals surface area contributed by atoms with Crippen LogP contribution in [0.15, 0.2) is 34.9 Å². The fourth-order valence-corrected chi connectivity index (χ4v) is 2.78. The number of nitrogen functional groups attached to an aromatic ring is 1. The molecule has 100 valence electrons. The number of benzene rings is 1. The van der Waals surface area contributed by atoms with E-state index in [0.717, 1.165) is 15.6 Å². The monoisotopic (exact) mass is 339 g/mol. The number of hydrogen-bond acceptors (Lipinski definition) is 3. The van der Waals surface area contributed by atoms with Gasteiger partial charge in [0.2, 0.25) is 0 Å². The summed E-state index contributed by atoms with van der Waals surface area (Å²) in [6.45, 7) is 2.07. The van der Waals surface area contributed by atoms with E-state index in [1.54, 1.807) is 6.20 Å². The van der Waals surface area contributed by atoms with Crippen LogP contribution in [0.5, 0.6) is 0 Å². The van der Waals surface area contributed by atoms with E-state index >= 15 is 0 Å². The molecule has 0 aliphatic carbocycles. The molecule has 2 rings (SSSR count). The van der Waals surface area contributed by atoms with E-state index in [1.165, 1.54) is 5.56 Å². The molecule has 1 heterocycles. The fourth-order valence-electron chi connectivity index (χ4n) is 2.14. The van der Waals surface area contributed by atoms with Crippen LogP contribution in [0.2, 0.25) is 5.02 Å². The second-order valence-electron chi connectivity index (χ2n) is 4.35. The summed E-state index contributed by atoms with van der Waals surface area (Å²) >= 11 is 9.49. The quantitative estimate of drug-likeness (QED) is 0.896. The average Bonchev–Trinajstić information content (AvgIpc) is 2.36. The number of nitrogens with two attached hydrogens (primary N) is 1. The number of aryl methyl sites for hydroxylation is 1. The molecule has 0 aliphatic rings. The first-order valence-corrected chi connectivity index (χ1v) is 7.04. The summed E-state index contributed by atoms with van der Waals surface area (Å²) in [4.78, 5) is 4.12. The SMILES string of the molecule is CNC(c1ccc(Br)cc1C)c1cc(Cl)cnc1N. The van der Waals surface area contributed by atoms with Gasteiger partial charge in [-0.3, -0.25) is 0 Å². The number of hydrogen-bond donors (Lipinski definition) is 2. The summed E-state index contributed by atoms with van der Waals surface area (Å²) < 4.78 is 1.06. The molecule has 0 fully saturated rings. The molecule has 0 aliphatic heterocycles. The Labute approximate surface area is 126 Å². The Morgan fingerprint density at radius 3 is 2.68 bits per heavy atom. The molecule has 0 amide bonds. The van der Waals surface area contributed by atoms with Gasteiger partial charge in [-0.1, -0.05) is 33.6 Å². The average molecular weight is 341 g/mol. The van der Waals surface area contributed by atoms with Crippen molar-refractivity contribution in [2.75, 3.05) is 12.8 Å². The Hall–Kier alpha value is -1.10. The molecular weight excluding hydrogens is 326 g/mol. The largest absolute Gasteiger partial charge is 0.383 e. The van der Waals surface area contributed by atoms with Crippen LogP contribution in [0, 0.1) is 6.92 Å². The van der Waals surface area contributed by atoms with Crippen LogP contribution in [-0.4, -0.2) is 12.0 Å². The van der Waals surface area contributed by atoms with E-state index in [2.05, 4.69) is 45.3 Å². The number of rotatable bonds is 3. The topological polar surface area (TPSA) is 50.9 Å². The van der Waals surface area contributed by atoms with Crippen molar-refractivity contribution in [1.29, 1.82) is 0 Å². The van der Waals surface area contributed by atoms with Crippen LogP contribution >= 0.6 is 27.5 Å². The Morgan fingerprint density at radius 1 is 1.32 bits per heavy atom. The highest BCUT2D eigenvalue weighted by Gasteiger charge is 2.18. The third-order valence-corrected chi connectivity index (χ3v) is 3.76. The van der Waals surface area contributed by atoms with E-state index in [4.69, 9.17) is 17.3 Å². The minimum absolute atomic E-state index is 0.0284. The van der Waals surface area contributed by atoms with Gasteiger partial charge in [0.05, 0.1) is 11.1 Å². The lowest BCUT2D eigenvalue weighted by molar-refractivity contribution is 0.687. The van der Waals surface area contributed by atoms with Gasteiger partial charge in [-0.25, -0.2) is 4.98 Å². The van der Waals surface area contributed by atoms with Gasteiger partial charge in [-0.2, -0.15) is 0 Å². The predicted octanol–water partition coefficient (Wildman–Crippen LogP) is 3.70. The molecule has 3 nitrogen and oxygen atoms in total. The molecule has 0 spiro atoms. The third-order valence-electron chi connectivity index (χ3n) is 3.06. The Morgan fingerprint density at radius 2 is 2.05 bits per heavy atom. The molecule has 19 heavy (non-hydrogen) atoms. The molecule has 2 aromatic rings. The fraction of sp³-hybridized carbons (Fsp3) is 0.214. The third kappa shape index (κ3) is 3.08. The summed E-state index contributed by atoms with van der Waals surface area (Å²) in [5, 5.41) is 3.85. The molecule has 1 unspecified atom stereocenters. The molecule has 1 aromatic carbocycles. The Balaban J connectivity index is 2.52. The van der Waals surface area contributed by atoms with E-state index < -0.39 is 0 Å². The van der Waals surface area contributed by atoms with Crippen LogP contribution in [0.4, 0.5) is 5.82 Å². The Bertz CT molecular complexity index is 601. The lowest BCUT2D eigenvalue weighted by atomic mass is 9.95. The highest BCUT2D eigenvalue weighted by Crippen LogP contribution is 2.30. The second-order valence-corrected chi connectivity index (χ2v) is 5.70. The van der Waals surface area contributed by atoms with Gasteiger partial charge < -0.3 is 11.1 Å². The summed E-state index contributed by atoms with van der Waals surface area (Å²) in [6, 6.07) is 7.99. The van der Waals surface area contributed by atoms with Gasteiger partial charge in [-0.05, 0) is 43.3 Å². The van der Waals surface area contributed by atoms with Gasteiger partial charge in [0, 0.05) is 16.2 Å². The van der Waals surface area contributed by atoms with E-state index in [1.807, 2.05) is 19.2 Å². The van der Waals surface area contributed by atoms with Crippen molar-refractivity contribution in [1.82, 2.24) is 10.3 Å². The van der Waals surface area contributed by atoms with Crippen LogP contribution in [-0.2, 0) is 0 Å². The van der Waals surface area contributed by atoms with Crippen molar-refractivity contribution in [3.63, 3.8) is 0 Å². The zero-order valence-corrected chi connectivity index (χ0v) is 13.1. The van der Waals surface area contributed by atoms with E-state index in [0.29, 0.717) is 10.8 Å². The number of pyridine rings is 1. The van der Waals surface area contributed by atoms with E-state index in [-0.39, 0.29) is 6.04 Å². The van der Waals surface area contributed by atoms with Crippen LogP contribution in [0.3, 0.4) is 0 Å². The predicted molar refractivity (Wildman–Crippen MR) is 83.4 cm³/mol. The number of nitrogens with one attached hydrogen (secondary N) is 1. The minimum Gasteiger partial charge on any atom is -0.383 e. The van der Waals surface area contributed by atoms with Gasteiger partial charge in [-0.15, -0.1) is 0 Å². The highest BCUT2D eigenvalue weighted by molar-refractivity contribution is 9.10. The maximum atomic E-state index is 6.02. The number of nitrogens with zero attached hydrogens (tertiary/aromatic N) is 1. The highest BCUT2D eigenvalue weighted by atomic mass is 79.9. The molecule has 0 saturated heterocycles. The smallest absolute Gasteiger partial charge is 0.128 e. The lowest BCUT2D eigenvalue weighted by Gasteiger charge is -2.21. The van der Waals surface area contributed by atoms with Crippen LogP contribution < -0.4 is 11.1 Å². The molecule has 0 saturated carbocycles. The minimum atomic E-state index is -0.0284. The van der Waals surface area contributed by atoms with Gasteiger partial charge in [0.25, 0.3) is 0 Å². The second kappa shape index (κ2) is 5.90. The molecular formula is C14H15BrClN3. The molecule has 3 N–H and O–H groups in total. The zero-order chi connectivity index (χ0) is 14.0. The molecule has 1 atom stereocenters. The van der Waals surface area contributed by atoms with E-state index in [9.17, 15) is 0 Å². The normalized spacial score (nSPS) is 12.4. The van der Waals surface area contributed by atoms with Crippen LogP contribution in [0.1, 0.15) is 22.7 Å². The van der Waals surface area contributed by atoms with Crippen molar-refractivity contribution in [3.05, 3.63) is 56.6 Å². The first kappa shape index (κ1) is 14.3. The molecule has 0 radical (unpaired) electrons. The van der Waals surface area contributed by atoms with Crippen LogP contribution in [0.25, 0.3) is 0 Å². The maximum absolute atomic E-state index is 6.02. The van der Waals surface area contributed by atoms with Crippen molar-refractivity contribution >= 4 is 33.3 Å². The summed E-state index contributed by atoms with van der Waals surface area (Å²) in [5.41, 5.74) is 9.18. The molecule has 1 aromatic heterocycles. The van der Waals surface area contributed by atoms with Crippen molar-refractivity contribution in [2.24, 2.45) is 0 Å². The van der Waals surface area contributed by atoms with Crippen molar-refractivity contribution in [3.8, 4) is 0 Å². The van der Waals surface area contributed by atoms with Gasteiger partial charge in [0.15, 0.2) is 0 Å². The summed E-state index contributed by atoms with van der Waals surface area (Å²) in [7, 11) is 1.90. The van der Waals surface area contributed by atoms with Crippen molar-refractivity contribution < 1.29 is 0 Å². The maximum Gasteiger partial charge on any atom is 0.128 e. The number of aromatic nitrogens is 1. The van der Waals surface area contributed by atoms with Gasteiger partial charge >= 0.3 is 0 Å². The van der Waals surface area contributed by atoms with Crippen molar-refractivity contribution in [2.45, 2.75) is 13.0 Å². The first-order valence-electron chi connectivity index (χ1n) is 5.87. The molecule has 0 bridgehead atoms. The lowest BCUT2D eigenvalue weighted by Crippen LogP contribution is -2.20. The summed E-state index contributed by atoms with van der Waals surface area (Å²) in [5.74, 6) is 0.492. The number of anilines is 1. The number of halogens is 2. The Kier molecular flexibility index (Phi) is 4.45. The van der Waals surface area contributed by atoms with Gasteiger partial charge in [0.1, 0.15) is 5.82 Å². The molecule has 5 heteroatoms.